The number of hydrogen-bond donors (Lipinski definition) is 1. The number of ether oxygens (including phenoxy) is 1. The Balaban J connectivity index is 2.29. The molecule has 0 bridgehead atoms. The van der Waals surface area contributed by atoms with Crippen molar-refractivity contribution in [2.45, 2.75) is 0 Å². The van der Waals surface area contributed by atoms with Crippen LogP contribution in [0.2, 0.25) is 0 Å². The van der Waals surface area contributed by atoms with Crippen LogP contribution in [0, 0.1) is 10.1 Å². The molecule has 0 aliphatic heterocycles. The number of amides is 1. The maximum Gasteiger partial charge on any atom is 0.275 e. The molecule has 0 aliphatic rings. The number of benzene rings is 1. The first-order chi connectivity index (χ1) is 10.0. The highest BCUT2D eigenvalue weighted by Gasteiger charge is 2.16. The van der Waals surface area contributed by atoms with Gasteiger partial charge in [-0.3, -0.25) is 14.9 Å². The van der Waals surface area contributed by atoms with Crippen LogP contribution in [-0.4, -0.2) is 22.9 Å². The molecule has 0 saturated heterocycles. The number of methoxy groups -OCH3 is 1. The third-order valence-electron chi connectivity index (χ3n) is 2.62. The number of non-ortho nitro benzene ring substituents is 1. The molecule has 0 unspecified atom stereocenters. The number of hydrogen-bond acceptors (Lipinski definition) is 5. The second-order valence-corrected chi connectivity index (χ2v) is 4.78. The van der Waals surface area contributed by atoms with Crippen LogP contribution in [-0.2, 0) is 0 Å². The van der Waals surface area contributed by atoms with Crippen molar-refractivity contribution in [2.24, 2.45) is 0 Å². The molecule has 2 aromatic rings. The summed E-state index contributed by atoms with van der Waals surface area (Å²) >= 11 is 3.23. The Hall–Kier alpha value is -2.48. The van der Waals surface area contributed by atoms with E-state index >= 15 is 0 Å². The minimum atomic E-state index is -0.538. The fourth-order valence-corrected chi connectivity index (χ4v) is 2.07. The number of pyridine rings is 1. The Bertz CT molecular complexity index is 706. The fourth-order valence-electron chi connectivity index (χ4n) is 1.63. The van der Waals surface area contributed by atoms with Crippen molar-refractivity contribution in [3.8, 4) is 5.75 Å². The summed E-state index contributed by atoms with van der Waals surface area (Å²) in [5.41, 5.74) is 0.410. The van der Waals surface area contributed by atoms with Crippen LogP contribution < -0.4 is 10.1 Å². The number of nitrogens with zero attached hydrogens (tertiary/aromatic N) is 2. The predicted molar refractivity (Wildman–Crippen MR) is 79.5 cm³/mol. The van der Waals surface area contributed by atoms with Crippen LogP contribution in [0.5, 0.6) is 5.75 Å². The maximum absolute atomic E-state index is 12.1. The van der Waals surface area contributed by atoms with E-state index in [1.165, 1.54) is 31.5 Å². The summed E-state index contributed by atoms with van der Waals surface area (Å²) in [6, 6.07) is 7.31. The highest BCUT2D eigenvalue weighted by Crippen LogP contribution is 2.29. The maximum atomic E-state index is 12.1. The smallest absolute Gasteiger partial charge is 0.275 e. The lowest BCUT2D eigenvalue weighted by atomic mass is 10.2. The number of rotatable bonds is 4. The van der Waals surface area contributed by atoms with E-state index in [-0.39, 0.29) is 17.1 Å². The van der Waals surface area contributed by atoms with Gasteiger partial charge in [0, 0.05) is 16.7 Å². The number of carbonyl (C=O) groups is 1. The lowest BCUT2D eigenvalue weighted by Gasteiger charge is -2.10. The topological polar surface area (TPSA) is 94.4 Å². The van der Waals surface area contributed by atoms with Crippen molar-refractivity contribution in [3.63, 3.8) is 0 Å². The third kappa shape index (κ3) is 3.34. The van der Waals surface area contributed by atoms with Crippen molar-refractivity contribution < 1.29 is 14.5 Å². The van der Waals surface area contributed by atoms with Gasteiger partial charge in [0.1, 0.15) is 11.4 Å². The largest absolute Gasteiger partial charge is 0.494 e. The average Bonchev–Trinajstić information content (AvgIpc) is 2.47. The highest BCUT2D eigenvalue weighted by atomic mass is 79.9. The second-order valence-electron chi connectivity index (χ2n) is 3.93. The molecule has 1 heterocycles. The van der Waals surface area contributed by atoms with Crippen molar-refractivity contribution in [2.75, 3.05) is 12.4 Å². The van der Waals surface area contributed by atoms with Gasteiger partial charge in [-0.25, -0.2) is 4.98 Å². The van der Waals surface area contributed by atoms with Crippen molar-refractivity contribution >= 4 is 33.2 Å². The number of aromatic nitrogens is 1. The molecule has 1 aromatic carbocycles. The number of halogens is 1. The highest BCUT2D eigenvalue weighted by molar-refractivity contribution is 9.10. The summed E-state index contributed by atoms with van der Waals surface area (Å²) in [6.07, 6.45) is 1.49. The van der Waals surface area contributed by atoms with Gasteiger partial charge in [-0.2, -0.15) is 0 Å². The fraction of sp³-hybridized carbons (Fsp3) is 0.0769. The molecule has 1 N–H and O–H groups in total. The first kappa shape index (κ1) is 14.9. The minimum Gasteiger partial charge on any atom is -0.494 e. The number of carbonyl (C=O) groups excluding carboxylic acids is 1. The summed E-state index contributed by atoms with van der Waals surface area (Å²) < 4.78 is 5.60. The Morgan fingerprint density at radius 1 is 1.43 bits per heavy atom. The standard InChI is InChI=1S/C13H10BrN3O4/c1-21-11-7-8(17(19)20)4-5-10(11)16-13(18)12-9(14)3-2-6-15-12/h2-7H,1H3,(H,16,18). The summed E-state index contributed by atoms with van der Waals surface area (Å²) in [6.45, 7) is 0. The van der Waals surface area contributed by atoms with Crippen molar-refractivity contribution in [1.29, 1.82) is 0 Å². The zero-order valence-corrected chi connectivity index (χ0v) is 12.5. The first-order valence-corrected chi connectivity index (χ1v) is 6.56. The van der Waals surface area contributed by atoms with E-state index in [2.05, 4.69) is 26.2 Å². The molecular weight excluding hydrogens is 342 g/mol. The Morgan fingerprint density at radius 2 is 2.19 bits per heavy atom. The van der Waals surface area contributed by atoms with Gasteiger partial charge in [0.25, 0.3) is 11.6 Å². The number of nitro groups is 1. The molecule has 7 nitrogen and oxygen atoms in total. The Kier molecular flexibility index (Phi) is 4.49. The van der Waals surface area contributed by atoms with Crippen LogP contribution in [0.15, 0.2) is 41.0 Å². The SMILES string of the molecule is COc1cc([N+](=O)[O-])ccc1NC(=O)c1ncccc1Br. The molecule has 2 rings (SSSR count). The lowest BCUT2D eigenvalue weighted by Crippen LogP contribution is -2.15. The van der Waals surface area contributed by atoms with E-state index in [0.717, 1.165) is 0 Å². The van der Waals surface area contributed by atoms with Gasteiger partial charge in [0.05, 0.1) is 23.8 Å². The van der Waals surface area contributed by atoms with Crippen LogP contribution >= 0.6 is 15.9 Å². The molecular formula is C13H10BrN3O4. The summed E-state index contributed by atoms with van der Waals surface area (Å²) in [5.74, 6) is -0.251. The van der Waals surface area contributed by atoms with Gasteiger partial charge >= 0.3 is 0 Å². The van der Waals surface area contributed by atoms with Gasteiger partial charge in [0.15, 0.2) is 0 Å². The van der Waals surface area contributed by atoms with Crippen LogP contribution in [0.1, 0.15) is 10.5 Å². The van der Waals surface area contributed by atoms with Gasteiger partial charge in [-0.1, -0.05) is 0 Å². The van der Waals surface area contributed by atoms with Crippen molar-refractivity contribution in [3.05, 3.63) is 56.8 Å². The lowest BCUT2D eigenvalue weighted by molar-refractivity contribution is -0.384. The zero-order chi connectivity index (χ0) is 15.4. The van der Waals surface area contributed by atoms with Gasteiger partial charge < -0.3 is 10.1 Å². The summed E-state index contributed by atoms with van der Waals surface area (Å²) in [7, 11) is 1.37. The molecule has 1 amide bonds. The van der Waals surface area contributed by atoms with Gasteiger partial charge in [0.2, 0.25) is 0 Å². The molecule has 0 radical (unpaired) electrons. The third-order valence-corrected chi connectivity index (χ3v) is 3.26. The predicted octanol–water partition coefficient (Wildman–Crippen LogP) is 3.01. The molecule has 21 heavy (non-hydrogen) atoms. The second kappa shape index (κ2) is 6.31. The molecule has 0 atom stereocenters. The van der Waals surface area contributed by atoms with Crippen LogP contribution in [0.4, 0.5) is 11.4 Å². The monoisotopic (exact) mass is 351 g/mol. The molecule has 8 heteroatoms. The average molecular weight is 352 g/mol. The van der Waals surface area contributed by atoms with E-state index in [1.807, 2.05) is 0 Å². The number of anilines is 1. The van der Waals surface area contributed by atoms with E-state index in [9.17, 15) is 14.9 Å². The van der Waals surface area contributed by atoms with E-state index in [0.29, 0.717) is 10.2 Å². The first-order valence-electron chi connectivity index (χ1n) is 5.77. The van der Waals surface area contributed by atoms with Gasteiger partial charge in [-0.05, 0) is 34.1 Å². The van der Waals surface area contributed by atoms with E-state index in [1.54, 1.807) is 12.1 Å². The zero-order valence-electron chi connectivity index (χ0n) is 10.9. The summed E-state index contributed by atoms with van der Waals surface area (Å²) in [4.78, 5) is 26.3. The van der Waals surface area contributed by atoms with E-state index < -0.39 is 10.8 Å². The van der Waals surface area contributed by atoms with E-state index in [4.69, 9.17) is 4.74 Å². The van der Waals surface area contributed by atoms with Crippen LogP contribution in [0.3, 0.4) is 0 Å². The molecule has 0 saturated carbocycles. The van der Waals surface area contributed by atoms with Crippen molar-refractivity contribution in [1.82, 2.24) is 4.98 Å². The normalized spacial score (nSPS) is 10.0. The van der Waals surface area contributed by atoms with Gasteiger partial charge in [-0.15, -0.1) is 0 Å². The Morgan fingerprint density at radius 3 is 2.81 bits per heavy atom. The summed E-state index contributed by atoms with van der Waals surface area (Å²) in [5, 5.41) is 13.3. The molecule has 0 fully saturated rings. The van der Waals surface area contributed by atoms with Crippen LogP contribution in [0.25, 0.3) is 0 Å². The Labute approximate surface area is 128 Å². The quantitative estimate of drug-likeness (QED) is 0.674. The molecule has 0 spiro atoms. The molecule has 108 valence electrons. The number of nitro benzene ring substituents is 1. The molecule has 1 aromatic heterocycles. The number of nitrogens with one attached hydrogen (secondary N) is 1. The minimum absolute atomic E-state index is 0.121. The molecule has 0 aliphatic carbocycles.